The highest BCUT2D eigenvalue weighted by Crippen LogP contribution is 2.33. The average molecular weight is 363 g/mol. The van der Waals surface area contributed by atoms with Crippen molar-refractivity contribution in [1.82, 2.24) is 4.90 Å². The van der Waals surface area contributed by atoms with E-state index in [4.69, 9.17) is 0 Å². The Morgan fingerprint density at radius 3 is 2.50 bits per heavy atom. The minimum absolute atomic E-state index is 0. The van der Waals surface area contributed by atoms with Gasteiger partial charge < -0.3 is 25.7 Å². The number of phenols is 1. The predicted octanol–water partition coefficient (Wildman–Crippen LogP) is 1.25. The lowest BCUT2D eigenvalue weighted by Crippen LogP contribution is -2.40. The summed E-state index contributed by atoms with van der Waals surface area (Å²) in [6, 6.07) is 4.26. The van der Waals surface area contributed by atoms with Gasteiger partial charge in [-0.2, -0.15) is 0 Å². The van der Waals surface area contributed by atoms with Crippen LogP contribution in [0, 0.1) is 0 Å². The van der Waals surface area contributed by atoms with Gasteiger partial charge in [-0.1, -0.05) is 6.07 Å². The van der Waals surface area contributed by atoms with E-state index < -0.39 is 17.0 Å². The van der Waals surface area contributed by atoms with Crippen LogP contribution in [0.25, 0.3) is 0 Å². The molecule has 0 heterocycles. The molecule has 26 heavy (non-hydrogen) atoms. The summed E-state index contributed by atoms with van der Waals surface area (Å²) in [5, 5.41) is 25.9. The number of carbonyl (C=O) groups is 1. The maximum absolute atomic E-state index is 12.1. The van der Waals surface area contributed by atoms with Gasteiger partial charge in [-0.05, 0) is 31.4 Å². The van der Waals surface area contributed by atoms with Crippen LogP contribution in [0.3, 0.4) is 0 Å². The standard InChI is InChI=1S/C18H21N3O5.2H2/c1-21(2)18(26)9-5-3-7-11(15(9)23)20-14-13(16(24)17(14)25)19-10-6-4-8-12(10)22;;/h3,5,7,10,12,19-20,22-23H,4,6,8H2,1-2H3;2*1H/t10-,12-;;/m0../s1. The predicted molar refractivity (Wildman–Crippen MR) is 102 cm³/mol. The second kappa shape index (κ2) is 6.80. The molecule has 2 aromatic carbocycles. The average Bonchev–Trinajstić information content (AvgIpc) is 3.03. The normalized spacial score (nSPS) is 19.5. The van der Waals surface area contributed by atoms with Crippen molar-refractivity contribution in [1.29, 1.82) is 0 Å². The molecule has 0 saturated heterocycles. The maximum Gasteiger partial charge on any atom is 0.257 e. The van der Waals surface area contributed by atoms with Crippen LogP contribution in [-0.2, 0) is 0 Å². The Morgan fingerprint density at radius 2 is 1.88 bits per heavy atom. The monoisotopic (exact) mass is 363 g/mol. The van der Waals surface area contributed by atoms with E-state index in [1.807, 2.05) is 0 Å². The molecule has 1 saturated carbocycles. The fraction of sp³-hybridized carbons (Fsp3) is 0.389. The Labute approximate surface area is 152 Å². The van der Waals surface area contributed by atoms with E-state index in [0.717, 1.165) is 6.42 Å². The van der Waals surface area contributed by atoms with Crippen LogP contribution in [-0.4, -0.2) is 47.3 Å². The van der Waals surface area contributed by atoms with Crippen molar-refractivity contribution < 1.29 is 17.9 Å². The van der Waals surface area contributed by atoms with E-state index in [9.17, 15) is 24.6 Å². The van der Waals surface area contributed by atoms with Crippen LogP contribution in [0.15, 0.2) is 27.8 Å². The van der Waals surface area contributed by atoms with Gasteiger partial charge in [0, 0.05) is 16.9 Å². The molecule has 0 spiro atoms. The van der Waals surface area contributed by atoms with E-state index in [0.29, 0.717) is 12.8 Å². The SMILES string of the molecule is CN(C)C(=O)c1cccc(Nc2c(N[C@H]3CCC[C@@H]3O)c(=O)c2=O)c1O.[HH].[HH]. The minimum atomic E-state index is -0.705. The van der Waals surface area contributed by atoms with Crippen LogP contribution >= 0.6 is 0 Å². The van der Waals surface area contributed by atoms with Crippen LogP contribution < -0.4 is 21.5 Å². The highest BCUT2D eigenvalue weighted by Gasteiger charge is 2.30. The van der Waals surface area contributed by atoms with E-state index in [2.05, 4.69) is 10.6 Å². The van der Waals surface area contributed by atoms with Crippen molar-refractivity contribution in [2.45, 2.75) is 31.4 Å². The molecule has 142 valence electrons. The quantitative estimate of drug-likeness (QED) is 0.466. The van der Waals surface area contributed by atoms with Crippen molar-refractivity contribution in [3.63, 3.8) is 0 Å². The Hall–Kier alpha value is -2.87. The summed E-state index contributed by atoms with van der Waals surface area (Å²) in [7, 11) is 3.13. The summed E-state index contributed by atoms with van der Waals surface area (Å²) in [6.07, 6.45) is 1.62. The zero-order valence-corrected chi connectivity index (χ0v) is 14.6. The second-order valence-corrected chi connectivity index (χ2v) is 6.68. The molecule has 8 heteroatoms. The maximum atomic E-state index is 12.1. The highest BCUT2D eigenvalue weighted by atomic mass is 16.3. The summed E-state index contributed by atoms with van der Waals surface area (Å²) >= 11 is 0. The van der Waals surface area contributed by atoms with Gasteiger partial charge in [0.25, 0.3) is 16.8 Å². The second-order valence-electron chi connectivity index (χ2n) is 6.68. The fourth-order valence-electron chi connectivity index (χ4n) is 3.14. The summed E-state index contributed by atoms with van der Waals surface area (Å²) in [6.45, 7) is 0. The molecule has 1 aliphatic carbocycles. The first-order chi connectivity index (χ1) is 12.3. The number of hydrogen-bond acceptors (Lipinski definition) is 7. The van der Waals surface area contributed by atoms with Gasteiger partial charge in [0.1, 0.15) is 11.4 Å². The van der Waals surface area contributed by atoms with Gasteiger partial charge >= 0.3 is 0 Å². The molecule has 2 atom stereocenters. The Bertz CT molecular complexity index is 925. The molecule has 1 amide bonds. The van der Waals surface area contributed by atoms with E-state index in [1.165, 1.54) is 17.0 Å². The molecule has 0 radical (unpaired) electrons. The highest BCUT2D eigenvalue weighted by molar-refractivity contribution is 5.99. The Morgan fingerprint density at radius 1 is 1.19 bits per heavy atom. The van der Waals surface area contributed by atoms with Crippen LogP contribution in [0.5, 0.6) is 5.75 Å². The number of nitrogens with zero attached hydrogens (tertiary/aromatic N) is 1. The third kappa shape index (κ3) is 3.03. The number of aliphatic hydroxyl groups is 1. The largest absolute Gasteiger partial charge is 0.505 e. The van der Waals surface area contributed by atoms with Crippen molar-refractivity contribution in [3.8, 4) is 5.75 Å². The lowest BCUT2D eigenvalue weighted by molar-refractivity contribution is 0.0824. The first-order valence-electron chi connectivity index (χ1n) is 8.39. The van der Waals surface area contributed by atoms with Crippen LogP contribution in [0.4, 0.5) is 17.1 Å². The van der Waals surface area contributed by atoms with Crippen molar-refractivity contribution in [2.75, 3.05) is 24.7 Å². The number of rotatable bonds is 5. The van der Waals surface area contributed by atoms with Gasteiger partial charge in [-0.3, -0.25) is 14.4 Å². The fourth-order valence-corrected chi connectivity index (χ4v) is 3.14. The molecule has 8 nitrogen and oxygen atoms in total. The molecule has 0 bridgehead atoms. The van der Waals surface area contributed by atoms with Gasteiger partial charge in [-0.25, -0.2) is 0 Å². The molecular formula is C18H25N3O5. The summed E-state index contributed by atoms with van der Waals surface area (Å²) < 4.78 is 0. The van der Waals surface area contributed by atoms with Gasteiger partial charge in [0.15, 0.2) is 5.75 Å². The summed E-state index contributed by atoms with van der Waals surface area (Å²) in [4.78, 5) is 37.3. The number of nitrogens with one attached hydrogen (secondary N) is 2. The zero-order valence-electron chi connectivity index (χ0n) is 14.6. The topological polar surface area (TPSA) is 119 Å². The number of phenolic OH excluding ortho intramolecular Hbond substituents is 1. The Kier molecular flexibility index (Phi) is 4.69. The van der Waals surface area contributed by atoms with E-state index in [1.54, 1.807) is 20.2 Å². The minimum Gasteiger partial charge on any atom is -0.505 e. The summed E-state index contributed by atoms with van der Waals surface area (Å²) in [5.74, 6) is -0.685. The number of aromatic hydroxyl groups is 1. The molecule has 2 aromatic rings. The third-order valence-electron chi connectivity index (χ3n) is 4.65. The zero-order chi connectivity index (χ0) is 19.0. The number of aliphatic hydroxyl groups excluding tert-OH is 1. The first kappa shape index (κ1) is 17.9. The number of hydrogen-bond donors (Lipinski definition) is 4. The van der Waals surface area contributed by atoms with Crippen molar-refractivity contribution in [2.24, 2.45) is 0 Å². The Balaban J connectivity index is 0.00000196. The van der Waals surface area contributed by atoms with Crippen LogP contribution in [0.1, 0.15) is 32.5 Å². The van der Waals surface area contributed by atoms with E-state index in [-0.39, 0.29) is 43.2 Å². The first-order valence-corrected chi connectivity index (χ1v) is 8.39. The smallest absolute Gasteiger partial charge is 0.257 e. The van der Waals surface area contributed by atoms with Crippen LogP contribution in [0.2, 0.25) is 0 Å². The molecule has 0 aliphatic heterocycles. The lowest BCUT2D eigenvalue weighted by atomic mass is 10.1. The lowest BCUT2D eigenvalue weighted by Gasteiger charge is -2.22. The molecular weight excluding hydrogens is 338 g/mol. The van der Waals surface area contributed by atoms with Crippen molar-refractivity contribution >= 4 is 23.0 Å². The van der Waals surface area contributed by atoms with Gasteiger partial charge in [-0.15, -0.1) is 0 Å². The van der Waals surface area contributed by atoms with E-state index >= 15 is 0 Å². The molecule has 3 rings (SSSR count). The van der Waals surface area contributed by atoms with Crippen molar-refractivity contribution in [3.05, 3.63) is 44.2 Å². The number of carbonyl (C=O) groups excluding carboxylic acids is 1. The number of anilines is 3. The van der Waals surface area contributed by atoms with Gasteiger partial charge in [0.05, 0.1) is 23.4 Å². The summed E-state index contributed by atoms with van der Waals surface area (Å²) in [5.41, 5.74) is -1.00. The molecule has 1 aliphatic rings. The molecule has 0 aromatic heterocycles. The number of amides is 1. The van der Waals surface area contributed by atoms with Gasteiger partial charge in [0.2, 0.25) is 0 Å². The molecule has 0 unspecified atom stereocenters. The molecule has 1 fully saturated rings. The third-order valence-corrected chi connectivity index (χ3v) is 4.65. The number of para-hydroxylation sites is 1. The number of benzene rings is 1. The molecule has 4 N–H and O–H groups in total.